The van der Waals surface area contributed by atoms with Gasteiger partial charge in [0.25, 0.3) is 0 Å². The van der Waals surface area contributed by atoms with Gasteiger partial charge in [-0.05, 0) is 129 Å². The van der Waals surface area contributed by atoms with E-state index in [1.54, 1.807) is 5.57 Å². The highest BCUT2D eigenvalue weighted by atomic mass is 16.5. The zero-order chi connectivity index (χ0) is 39.5. The molecule has 0 amide bonds. The van der Waals surface area contributed by atoms with Gasteiger partial charge in [0.1, 0.15) is 6.10 Å². The molecule has 3 saturated carbocycles. The van der Waals surface area contributed by atoms with E-state index in [0.717, 1.165) is 60.7 Å². The molecule has 9 atom stereocenters. The number of rotatable bonds is 28. The number of ether oxygens (including phenoxy) is 1. The van der Waals surface area contributed by atoms with Gasteiger partial charge in [0.15, 0.2) is 0 Å². The van der Waals surface area contributed by atoms with Crippen LogP contribution in [0.15, 0.2) is 23.8 Å². The lowest BCUT2D eigenvalue weighted by Crippen LogP contribution is -2.51. The molecule has 4 aliphatic carbocycles. The predicted octanol–water partition coefficient (Wildman–Crippen LogP) is 17.0. The molecule has 0 bridgehead atoms. The first kappa shape index (κ1) is 46.6. The Kier molecular flexibility index (Phi) is 21.0. The van der Waals surface area contributed by atoms with Gasteiger partial charge in [0.2, 0.25) is 0 Å². The maximum absolute atomic E-state index is 12.9. The van der Waals surface area contributed by atoms with Crippen molar-refractivity contribution in [1.82, 2.24) is 0 Å². The van der Waals surface area contributed by atoms with Crippen molar-refractivity contribution in [2.75, 3.05) is 0 Å². The van der Waals surface area contributed by atoms with E-state index in [4.69, 9.17) is 4.74 Å². The molecule has 0 radical (unpaired) electrons. The van der Waals surface area contributed by atoms with Gasteiger partial charge in [0.05, 0.1) is 0 Å². The van der Waals surface area contributed by atoms with E-state index in [1.807, 2.05) is 0 Å². The van der Waals surface area contributed by atoms with E-state index in [9.17, 15) is 4.79 Å². The Morgan fingerprint density at radius 1 is 0.709 bits per heavy atom. The lowest BCUT2D eigenvalue weighted by atomic mass is 9.47. The van der Waals surface area contributed by atoms with Crippen molar-refractivity contribution >= 4 is 5.97 Å². The Balaban J connectivity index is 1.01. The summed E-state index contributed by atoms with van der Waals surface area (Å²) in [5.74, 6) is 6.08. The Morgan fingerprint density at radius 2 is 1.29 bits per heavy atom. The molecule has 0 aliphatic heterocycles. The first-order valence-electron chi connectivity index (χ1n) is 25.1. The quantitative estimate of drug-likeness (QED) is 0.0451. The van der Waals surface area contributed by atoms with Crippen LogP contribution in [0.3, 0.4) is 0 Å². The molecule has 55 heavy (non-hydrogen) atoms. The van der Waals surface area contributed by atoms with Crippen LogP contribution in [-0.2, 0) is 9.53 Å². The fourth-order valence-corrected chi connectivity index (χ4v) is 12.6. The molecular formula is C53H94O2. The van der Waals surface area contributed by atoms with E-state index < -0.39 is 0 Å². The highest BCUT2D eigenvalue weighted by molar-refractivity contribution is 5.69. The number of fused-ring (bicyclic) bond motifs is 5. The molecule has 0 N–H and O–H groups in total. The summed E-state index contributed by atoms with van der Waals surface area (Å²) in [6, 6.07) is 0. The van der Waals surface area contributed by atoms with Crippen molar-refractivity contribution < 1.29 is 9.53 Å². The minimum absolute atomic E-state index is 0.0604. The fourth-order valence-electron chi connectivity index (χ4n) is 12.6. The van der Waals surface area contributed by atoms with Crippen molar-refractivity contribution in [2.45, 2.75) is 254 Å². The molecule has 2 heteroatoms. The largest absolute Gasteiger partial charge is 0.462 e. The number of carbonyl (C=O) groups is 1. The van der Waals surface area contributed by atoms with Gasteiger partial charge in [0, 0.05) is 12.8 Å². The molecule has 0 saturated heterocycles. The van der Waals surface area contributed by atoms with Gasteiger partial charge in [-0.25, -0.2) is 0 Å². The first-order valence-corrected chi connectivity index (χ1v) is 25.1. The summed E-state index contributed by atoms with van der Waals surface area (Å²) in [5.41, 5.74) is 2.51. The predicted molar refractivity (Wildman–Crippen MR) is 239 cm³/mol. The summed E-state index contributed by atoms with van der Waals surface area (Å²) < 4.78 is 6.16. The Morgan fingerprint density at radius 3 is 1.89 bits per heavy atom. The third-order valence-corrected chi connectivity index (χ3v) is 16.7. The third kappa shape index (κ3) is 14.3. The molecule has 0 heterocycles. The van der Waals surface area contributed by atoms with E-state index in [0.29, 0.717) is 17.3 Å². The van der Waals surface area contributed by atoms with Crippen LogP contribution in [0.5, 0.6) is 0 Å². The van der Waals surface area contributed by atoms with Crippen LogP contribution in [0.4, 0.5) is 0 Å². The topological polar surface area (TPSA) is 26.3 Å². The standard InChI is InChI=1S/C53H94O2/c1-8-9-10-11-12-13-14-15-16-17-18-19-20-21-22-23-24-25-26-27-28-29-30-51(54)55-46-37-39-52(6)45(41-46)33-34-47-49-36-35-48(53(49,7)40-38-50(47)52)44(5)32-31-43(4)42(2)3/h20-21,33,42-44,46-50H,8-19,22-32,34-41H2,1-7H3/b21-20-. The highest BCUT2D eigenvalue weighted by Gasteiger charge is 2.59. The molecule has 2 nitrogen and oxygen atoms in total. The summed E-state index contributed by atoms with van der Waals surface area (Å²) in [5, 5.41) is 0. The van der Waals surface area contributed by atoms with Crippen molar-refractivity contribution in [2.24, 2.45) is 52.3 Å². The zero-order valence-corrected chi connectivity index (χ0v) is 38.1. The summed E-state index contributed by atoms with van der Waals surface area (Å²) in [6.45, 7) is 17.5. The second kappa shape index (κ2) is 24.8. The van der Waals surface area contributed by atoms with Gasteiger partial charge in [-0.3, -0.25) is 4.79 Å². The van der Waals surface area contributed by atoms with Crippen LogP contribution in [0.1, 0.15) is 248 Å². The molecule has 0 spiro atoms. The summed E-state index contributed by atoms with van der Waals surface area (Å²) >= 11 is 0. The Labute approximate surface area is 344 Å². The smallest absolute Gasteiger partial charge is 0.306 e. The summed E-state index contributed by atoms with van der Waals surface area (Å²) in [4.78, 5) is 12.9. The molecule has 9 unspecified atom stereocenters. The first-order chi connectivity index (χ1) is 26.6. The average Bonchev–Trinajstić information content (AvgIpc) is 3.53. The Hall–Kier alpha value is -1.05. The monoisotopic (exact) mass is 763 g/mol. The van der Waals surface area contributed by atoms with Crippen molar-refractivity contribution in [3.8, 4) is 0 Å². The lowest BCUT2D eigenvalue weighted by molar-refractivity contribution is -0.151. The maximum atomic E-state index is 12.9. The average molecular weight is 763 g/mol. The molecule has 4 aliphatic rings. The van der Waals surface area contributed by atoms with Gasteiger partial charge in [-0.1, -0.05) is 181 Å². The number of esters is 1. The van der Waals surface area contributed by atoms with E-state index in [1.165, 1.54) is 173 Å². The fraction of sp³-hybridized carbons (Fsp3) is 0.906. The van der Waals surface area contributed by atoms with Crippen LogP contribution in [0, 0.1) is 52.3 Å². The number of hydrogen-bond acceptors (Lipinski definition) is 2. The normalized spacial score (nSPS) is 30.2. The van der Waals surface area contributed by atoms with E-state index in [2.05, 4.69) is 66.7 Å². The molecule has 4 rings (SSSR count). The summed E-state index contributed by atoms with van der Waals surface area (Å²) in [7, 11) is 0. The highest BCUT2D eigenvalue weighted by Crippen LogP contribution is 2.67. The van der Waals surface area contributed by atoms with Gasteiger partial charge >= 0.3 is 5.97 Å². The number of allylic oxidation sites excluding steroid dienone is 3. The van der Waals surface area contributed by atoms with Crippen LogP contribution < -0.4 is 0 Å². The number of carbonyl (C=O) groups excluding carboxylic acids is 1. The number of hydrogen-bond donors (Lipinski definition) is 0. The van der Waals surface area contributed by atoms with E-state index >= 15 is 0 Å². The molecule has 0 aromatic carbocycles. The van der Waals surface area contributed by atoms with Gasteiger partial charge < -0.3 is 4.74 Å². The zero-order valence-electron chi connectivity index (χ0n) is 38.1. The van der Waals surface area contributed by atoms with Crippen LogP contribution in [0.2, 0.25) is 0 Å². The van der Waals surface area contributed by atoms with Crippen molar-refractivity contribution in [1.29, 1.82) is 0 Å². The van der Waals surface area contributed by atoms with Crippen LogP contribution >= 0.6 is 0 Å². The van der Waals surface area contributed by atoms with E-state index in [-0.39, 0.29) is 12.1 Å². The molecule has 3 fully saturated rings. The second-order valence-electron chi connectivity index (χ2n) is 20.9. The third-order valence-electron chi connectivity index (χ3n) is 16.7. The number of unbranched alkanes of at least 4 members (excludes halogenated alkanes) is 18. The molecule has 0 aromatic rings. The molecule has 0 aromatic heterocycles. The van der Waals surface area contributed by atoms with Gasteiger partial charge in [-0.2, -0.15) is 0 Å². The molecule has 318 valence electrons. The van der Waals surface area contributed by atoms with Gasteiger partial charge in [-0.15, -0.1) is 0 Å². The van der Waals surface area contributed by atoms with Crippen LogP contribution in [-0.4, -0.2) is 12.1 Å². The SMILES string of the molecule is CCCCCCCCCCCCC/C=C\CCCCCCCCCC(=O)OC1CCC2(C)C(=CCC3C2CCC2(C)C(C(C)CCC(C)C(C)C)CCC32)C1. The minimum Gasteiger partial charge on any atom is -0.462 e. The van der Waals surface area contributed by atoms with Crippen molar-refractivity contribution in [3.63, 3.8) is 0 Å². The Bertz CT molecular complexity index is 1120. The lowest BCUT2D eigenvalue weighted by Gasteiger charge is -2.58. The second-order valence-corrected chi connectivity index (χ2v) is 20.9. The van der Waals surface area contributed by atoms with Crippen molar-refractivity contribution in [3.05, 3.63) is 23.8 Å². The minimum atomic E-state index is 0.0604. The maximum Gasteiger partial charge on any atom is 0.306 e. The summed E-state index contributed by atoms with van der Waals surface area (Å²) in [6.07, 6.45) is 48.4. The van der Waals surface area contributed by atoms with Crippen LogP contribution in [0.25, 0.3) is 0 Å². The molecular weight excluding hydrogens is 669 g/mol.